The fourth-order valence-corrected chi connectivity index (χ4v) is 1.76. The SMILES string of the molecule is CCN(CC)CCCNCc1cnn(C)c1. The standard InChI is InChI=1S/C12H24N4/c1-4-16(5-2)8-6-7-13-9-12-10-14-15(3)11-12/h10-11,13H,4-9H2,1-3H3. The molecule has 0 aliphatic rings. The lowest BCUT2D eigenvalue weighted by molar-refractivity contribution is 0.298. The monoisotopic (exact) mass is 224 g/mol. The second-order valence-electron chi connectivity index (χ2n) is 4.08. The van der Waals surface area contributed by atoms with Crippen LogP contribution in [0.15, 0.2) is 12.4 Å². The molecular weight excluding hydrogens is 200 g/mol. The summed E-state index contributed by atoms with van der Waals surface area (Å²) in [5, 5.41) is 7.58. The third-order valence-electron chi connectivity index (χ3n) is 2.81. The molecule has 0 aliphatic heterocycles. The van der Waals surface area contributed by atoms with E-state index >= 15 is 0 Å². The number of aryl methyl sites for hydroxylation is 1. The third kappa shape index (κ3) is 4.77. The molecule has 0 unspecified atom stereocenters. The van der Waals surface area contributed by atoms with Crippen LogP contribution in [0, 0.1) is 0 Å². The van der Waals surface area contributed by atoms with E-state index in [4.69, 9.17) is 0 Å². The summed E-state index contributed by atoms with van der Waals surface area (Å²) in [7, 11) is 1.95. The Hall–Kier alpha value is -0.870. The minimum Gasteiger partial charge on any atom is -0.313 e. The highest BCUT2D eigenvalue weighted by atomic mass is 15.2. The minimum atomic E-state index is 0.923. The van der Waals surface area contributed by atoms with Crippen LogP contribution in [0.4, 0.5) is 0 Å². The van der Waals surface area contributed by atoms with Gasteiger partial charge in [0, 0.05) is 25.4 Å². The summed E-state index contributed by atoms with van der Waals surface area (Å²) < 4.78 is 1.84. The van der Waals surface area contributed by atoms with Gasteiger partial charge >= 0.3 is 0 Å². The van der Waals surface area contributed by atoms with Gasteiger partial charge in [-0.15, -0.1) is 0 Å². The molecule has 1 aromatic heterocycles. The second kappa shape index (κ2) is 7.41. The Bertz CT molecular complexity index is 278. The van der Waals surface area contributed by atoms with E-state index in [1.807, 2.05) is 17.9 Å². The van der Waals surface area contributed by atoms with Gasteiger partial charge in [-0.3, -0.25) is 4.68 Å². The zero-order chi connectivity index (χ0) is 11.8. The summed E-state index contributed by atoms with van der Waals surface area (Å²) in [5.74, 6) is 0. The molecule has 1 heterocycles. The molecule has 0 aliphatic carbocycles. The molecule has 1 N–H and O–H groups in total. The first-order valence-corrected chi connectivity index (χ1v) is 6.16. The maximum atomic E-state index is 4.14. The van der Waals surface area contributed by atoms with E-state index in [1.165, 1.54) is 18.5 Å². The van der Waals surface area contributed by atoms with Gasteiger partial charge < -0.3 is 10.2 Å². The highest BCUT2D eigenvalue weighted by Crippen LogP contribution is 1.95. The maximum absolute atomic E-state index is 4.14. The normalized spacial score (nSPS) is 11.2. The number of nitrogens with one attached hydrogen (secondary N) is 1. The molecule has 1 rings (SSSR count). The number of aromatic nitrogens is 2. The van der Waals surface area contributed by atoms with Crippen LogP contribution < -0.4 is 5.32 Å². The quantitative estimate of drug-likeness (QED) is 0.675. The Morgan fingerprint density at radius 3 is 2.69 bits per heavy atom. The van der Waals surface area contributed by atoms with Crippen LogP contribution in [0.5, 0.6) is 0 Å². The summed E-state index contributed by atoms with van der Waals surface area (Å²) in [6.45, 7) is 9.92. The van der Waals surface area contributed by atoms with E-state index in [2.05, 4.69) is 35.4 Å². The van der Waals surface area contributed by atoms with Gasteiger partial charge in [0.2, 0.25) is 0 Å². The first-order chi connectivity index (χ1) is 7.76. The van der Waals surface area contributed by atoms with Gasteiger partial charge in [-0.1, -0.05) is 13.8 Å². The molecule has 0 amide bonds. The van der Waals surface area contributed by atoms with E-state index in [0.717, 1.165) is 26.2 Å². The lowest BCUT2D eigenvalue weighted by Crippen LogP contribution is -2.27. The highest BCUT2D eigenvalue weighted by Gasteiger charge is 1.98. The summed E-state index contributed by atoms with van der Waals surface area (Å²) in [6, 6.07) is 0. The van der Waals surface area contributed by atoms with Crippen molar-refractivity contribution in [1.82, 2.24) is 20.0 Å². The molecule has 0 saturated carbocycles. The van der Waals surface area contributed by atoms with Crippen molar-refractivity contribution in [2.45, 2.75) is 26.8 Å². The molecule has 92 valence electrons. The predicted molar refractivity (Wildman–Crippen MR) is 67.3 cm³/mol. The van der Waals surface area contributed by atoms with Crippen molar-refractivity contribution in [3.8, 4) is 0 Å². The van der Waals surface area contributed by atoms with Crippen molar-refractivity contribution in [2.75, 3.05) is 26.2 Å². The smallest absolute Gasteiger partial charge is 0.0534 e. The van der Waals surface area contributed by atoms with Crippen LogP contribution in [-0.2, 0) is 13.6 Å². The Kier molecular flexibility index (Phi) is 6.11. The maximum Gasteiger partial charge on any atom is 0.0534 e. The van der Waals surface area contributed by atoms with E-state index < -0.39 is 0 Å². The minimum absolute atomic E-state index is 0.923. The number of hydrogen-bond acceptors (Lipinski definition) is 3. The molecular formula is C12H24N4. The number of rotatable bonds is 8. The van der Waals surface area contributed by atoms with E-state index in [0.29, 0.717) is 0 Å². The molecule has 0 bridgehead atoms. The lowest BCUT2D eigenvalue weighted by atomic mass is 10.3. The third-order valence-corrected chi connectivity index (χ3v) is 2.81. The van der Waals surface area contributed by atoms with Gasteiger partial charge in [-0.05, 0) is 32.6 Å². The molecule has 4 nitrogen and oxygen atoms in total. The van der Waals surface area contributed by atoms with Crippen LogP contribution in [0.3, 0.4) is 0 Å². The van der Waals surface area contributed by atoms with Gasteiger partial charge in [0.05, 0.1) is 6.20 Å². The molecule has 16 heavy (non-hydrogen) atoms. The van der Waals surface area contributed by atoms with Crippen LogP contribution in [0.25, 0.3) is 0 Å². The molecule has 0 saturated heterocycles. The number of hydrogen-bond donors (Lipinski definition) is 1. The Morgan fingerprint density at radius 1 is 1.38 bits per heavy atom. The van der Waals surface area contributed by atoms with E-state index in [9.17, 15) is 0 Å². The molecule has 1 aromatic rings. The van der Waals surface area contributed by atoms with Crippen LogP contribution >= 0.6 is 0 Å². The Labute approximate surface area is 98.6 Å². The van der Waals surface area contributed by atoms with Crippen LogP contribution in [-0.4, -0.2) is 40.9 Å². The molecule has 4 heteroatoms. The van der Waals surface area contributed by atoms with E-state index in [1.54, 1.807) is 0 Å². The van der Waals surface area contributed by atoms with Crippen molar-refractivity contribution in [2.24, 2.45) is 7.05 Å². The molecule has 0 fully saturated rings. The van der Waals surface area contributed by atoms with Gasteiger partial charge in [-0.25, -0.2) is 0 Å². The summed E-state index contributed by atoms with van der Waals surface area (Å²) >= 11 is 0. The average Bonchev–Trinajstić information content (AvgIpc) is 2.70. The van der Waals surface area contributed by atoms with Gasteiger partial charge in [0.25, 0.3) is 0 Å². The van der Waals surface area contributed by atoms with Crippen molar-refractivity contribution >= 4 is 0 Å². The second-order valence-corrected chi connectivity index (χ2v) is 4.08. The van der Waals surface area contributed by atoms with Crippen molar-refractivity contribution < 1.29 is 0 Å². The van der Waals surface area contributed by atoms with Crippen molar-refractivity contribution in [1.29, 1.82) is 0 Å². The van der Waals surface area contributed by atoms with Crippen molar-refractivity contribution in [3.05, 3.63) is 18.0 Å². The summed E-state index contributed by atoms with van der Waals surface area (Å²) in [6.07, 6.45) is 5.18. The highest BCUT2D eigenvalue weighted by molar-refractivity contribution is 5.02. The predicted octanol–water partition coefficient (Wildman–Crippen LogP) is 1.24. The first kappa shape index (κ1) is 13.2. The largest absolute Gasteiger partial charge is 0.313 e. The van der Waals surface area contributed by atoms with Crippen LogP contribution in [0.1, 0.15) is 25.8 Å². The summed E-state index contributed by atoms with van der Waals surface area (Å²) in [4.78, 5) is 2.45. The average molecular weight is 224 g/mol. The lowest BCUT2D eigenvalue weighted by Gasteiger charge is -2.17. The first-order valence-electron chi connectivity index (χ1n) is 6.16. The topological polar surface area (TPSA) is 33.1 Å². The van der Waals surface area contributed by atoms with Crippen molar-refractivity contribution in [3.63, 3.8) is 0 Å². The van der Waals surface area contributed by atoms with Crippen LogP contribution in [0.2, 0.25) is 0 Å². The Morgan fingerprint density at radius 2 is 2.12 bits per heavy atom. The fraction of sp³-hybridized carbons (Fsp3) is 0.750. The van der Waals surface area contributed by atoms with Gasteiger partial charge in [-0.2, -0.15) is 5.10 Å². The Balaban J connectivity index is 2.04. The summed E-state index contributed by atoms with van der Waals surface area (Å²) in [5.41, 5.74) is 1.25. The molecule has 0 aromatic carbocycles. The van der Waals surface area contributed by atoms with Gasteiger partial charge in [0.15, 0.2) is 0 Å². The van der Waals surface area contributed by atoms with Gasteiger partial charge in [0.1, 0.15) is 0 Å². The zero-order valence-corrected chi connectivity index (χ0v) is 10.7. The zero-order valence-electron chi connectivity index (χ0n) is 10.7. The molecule has 0 radical (unpaired) electrons. The number of nitrogens with zero attached hydrogens (tertiary/aromatic N) is 3. The van der Waals surface area contributed by atoms with E-state index in [-0.39, 0.29) is 0 Å². The fourth-order valence-electron chi connectivity index (χ4n) is 1.76. The molecule has 0 atom stereocenters. The molecule has 0 spiro atoms.